The van der Waals surface area contributed by atoms with Crippen LogP contribution >= 0.6 is 0 Å². The average Bonchev–Trinajstić information content (AvgIpc) is 0.918. The van der Waals surface area contributed by atoms with Crippen LogP contribution in [0.5, 0.6) is 0 Å². The average molecular weight is 70.3 g/mol. The summed E-state index contributed by atoms with van der Waals surface area (Å²) in [6.45, 7) is -0.250. The van der Waals surface area contributed by atoms with Crippen molar-refractivity contribution in [3.63, 3.8) is 0 Å². The molecule has 0 aliphatic carbocycles. The van der Waals surface area contributed by atoms with Gasteiger partial charge in [-0.05, 0) is 0 Å². The van der Waals surface area contributed by atoms with Crippen molar-refractivity contribution < 1.29 is 9.90 Å². The summed E-state index contributed by atoms with van der Waals surface area (Å²) in [4.78, 5) is 8.36. The zero-order chi connectivity index (χ0) is 2.71. The van der Waals surface area contributed by atoms with Crippen molar-refractivity contribution in [2.45, 2.75) is 0 Å². The van der Waals surface area contributed by atoms with Crippen molar-refractivity contribution in [3.8, 4) is 0 Å². The molecule has 3 heteroatoms. The summed E-state index contributed by atoms with van der Waals surface area (Å²) in [6.07, 6.45) is 0. The molecule has 0 aromatic heterocycles. The molecule has 0 atom stereocenters. The topological polar surface area (TPSA) is 37.3 Å². The van der Waals surface area contributed by atoms with Gasteiger partial charge in [0.15, 0.2) is 0 Å². The van der Waals surface area contributed by atoms with E-state index < -0.39 is 0 Å². The normalized spacial score (nSPS) is 3.00. The standard InChI is InChI=1S/CH2O2.Mg/c2-1-3;/h1H,(H,2,3);/q;+2. The Hall–Kier alpha value is 0.236. The summed E-state index contributed by atoms with van der Waals surface area (Å²) in [5.74, 6) is 0. The molecule has 0 saturated heterocycles. The first-order valence-electron chi connectivity index (χ1n) is 0.494. The second-order valence-corrected chi connectivity index (χ2v) is 0.105. The van der Waals surface area contributed by atoms with Gasteiger partial charge in [0.25, 0.3) is 6.47 Å². The summed E-state index contributed by atoms with van der Waals surface area (Å²) < 4.78 is 0. The molecule has 0 aromatic rings. The molecule has 4 heavy (non-hydrogen) atoms. The molecule has 1 N–H and O–H groups in total. The maximum absolute atomic E-state index is 8.36. The Labute approximate surface area is 40.0 Å². The summed E-state index contributed by atoms with van der Waals surface area (Å²) in [7, 11) is 0. The van der Waals surface area contributed by atoms with Crippen molar-refractivity contribution in [2.24, 2.45) is 0 Å². The van der Waals surface area contributed by atoms with E-state index in [4.69, 9.17) is 9.90 Å². The maximum atomic E-state index is 8.36. The predicted molar refractivity (Wildman–Crippen MR) is 14.4 cm³/mol. The molecule has 18 valence electrons. The molecular weight excluding hydrogens is 68.3 g/mol. The van der Waals surface area contributed by atoms with Gasteiger partial charge in [-0.1, -0.05) is 0 Å². The molecule has 0 saturated carbocycles. The Balaban J connectivity index is 0. The minimum atomic E-state index is -0.250. The van der Waals surface area contributed by atoms with Gasteiger partial charge in [-0.3, -0.25) is 4.79 Å². The van der Waals surface area contributed by atoms with Crippen LogP contribution < -0.4 is 0 Å². The van der Waals surface area contributed by atoms with E-state index in [1.807, 2.05) is 0 Å². The van der Waals surface area contributed by atoms with Gasteiger partial charge in [0.1, 0.15) is 0 Å². The van der Waals surface area contributed by atoms with E-state index >= 15 is 0 Å². The molecule has 0 aromatic carbocycles. The van der Waals surface area contributed by atoms with Crippen LogP contribution in [0, 0.1) is 0 Å². The van der Waals surface area contributed by atoms with E-state index in [0.717, 1.165) is 0 Å². The van der Waals surface area contributed by atoms with E-state index in [9.17, 15) is 0 Å². The van der Waals surface area contributed by atoms with Crippen LogP contribution in [-0.4, -0.2) is 34.6 Å². The number of carboxylic acid groups (broad SMARTS) is 1. The van der Waals surface area contributed by atoms with Gasteiger partial charge in [-0.25, -0.2) is 0 Å². The Bertz CT molecular complexity index is 13.5. The second kappa shape index (κ2) is 10.6. The zero-order valence-corrected chi connectivity index (χ0v) is 3.55. The second-order valence-electron chi connectivity index (χ2n) is 0.105. The SMILES string of the molecule is O=CO.[Mg+2]. The number of carbonyl (C=O) groups is 1. The van der Waals surface area contributed by atoms with Crippen molar-refractivity contribution in [2.75, 3.05) is 0 Å². The molecule has 0 bridgehead atoms. The predicted octanol–water partition coefficient (Wildman–Crippen LogP) is -0.680. The van der Waals surface area contributed by atoms with Gasteiger partial charge < -0.3 is 5.11 Å². The first kappa shape index (κ1) is 8.87. The molecule has 0 aliphatic heterocycles. The number of hydrogen-bond acceptors (Lipinski definition) is 1. The molecule has 0 heterocycles. The fraction of sp³-hybridized carbons (Fsp3) is 0. The molecule has 0 amide bonds. The van der Waals surface area contributed by atoms with E-state index in [-0.39, 0.29) is 29.5 Å². The first-order valence-corrected chi connectivity index (χ1v) is 0.494. The third kappa shape index (κ3) is 61.2. The number of rotatable bonds is 0. The third-order valence-electron chi connectivity index (χ3n) is 0. The molecular formula is CH2MgO2+2. The van der Waals surface area contributed by atoms with Crippen LogP contribution in [0.15, 0.2) is 0 Å². The van der Waals surface area contributed by atoms with E-state index in [0.29, 0.717) is 0 Å². The minimum absolute atomic E-state index is 0. The fourth-order valence-corrected chi connectivity index (χ4v) is 0. The monoisotopic (exact) mass is 70.0 g/mol. The van der Waals surface area contributed by atoms with Gasteiger partial charge in [0, 0.05) is 0 Å². The smallest absolute Gasteiger partial charge is 0.483 e. The van der Waals surface area contributed by atoms with Crippen LogP contribution in [0.4, 0.5) is 0 Å². The Kier molecular flexibility index (Phi) is 23.5. The van der Waals surface area contributed by atoms with Crippen molar-refractivity contribution in [1.29, 1.82) is 0 Å². The van der Waals surface area contributed by atoms with Crippen LogP contribution in [0.3, 0.4) is 0 Å². The summed E-state index contributed by atoms with van der Waals surface area (Å²) in [6, 6.07) is 0. The molecule has 0 unspecified atom stereocenters. The van der Waals surface area contributed by atoms with Crippen molar-refractivity contribution in [3.05, 3.63) is 0 Å². The van der Waals surface area contributed by atoms with Crippen LogP contribution in [-0.2, 0) is 4.79 Å². The van der Waals surface area contributed by atoms with Gasteiger partial charge in [-0.15, -0.1) is 0 Å². The minimum Gasteiger partial charge on any atom is -0.483 e. The zero-order valence-electron chi connectivity index (χ0n) is 2.14. The van der Waals surface area contributed by atoms with Crippen molar-refractivity contribution in [1.82, 2.24) is 0 Å². The first-order chi connectivity index (χ1) is 1.41. The molecule has 0 spiro atoms. The van der Waals surface area contributed by atoms with E-state index in [1.54, 1.807) is 0 Å². The molecule has 2 nitrogen and oxygen atoms in total. The Morgan fingerprint density at radius 1 is 1.75 bits per heavy atom. The largest absolute Gasteiger partial charge is 2.00 e. The van der Waals surface area contributed by atoms with Crippen LogP contribution in [0.2, 0.25) is 0 Å². The summed E-state index contributed by atoms with van der Waals surface area (Å²) in [5.41, 5.74) is 0. The Morgan fingerprint density at radius 2 is 1.75 bits per heavy atom. The molecule has 0 aliphatic rings. The fourth-order valence-electron chi connectivity index (χ4n) is 0. The molecule has 0 radical (unpaired) electrons. The molecule has 0 rings (SSSR count). The van der Waals surface area contributed by atoms with Crippen molar-refractivity contribution >= 4 is 29.5 Å². The quantitative estimate of drug-likeness (QED) is 0.303. The summed E-state index contributed by atoms with van der Waals surface area (Å²) in [5, 5.41) is 6.89. The third-order valence-corrected chi connectivity index (χ3v) is 0. The van der Waals surface area contributed by atoms with E-state index in [2.05, 4.69) is 0 Å². The van der Waals surface area contributed by atoms with Gasteiger partial charge >= 0.3 is 23.1 Å². The molecule has 0 fully saturated rings. The maximum Gasteiger partial charge on any atom is 2.00 e. The Morgan fingerprint density at radius 3 is 1.75 bits per heavy atom. The van der Waals surface area contributed by atoms with Gasteiger partial charge in [-0.2, -0.15) is 0 Å². The summed E-state index contributed by atoms with van der Waals surface area (Å²) >= 11 is 0. The van der Waals surface area contributed by atoms with Crippen LogP contribution in [0.25, 0.3) is 0 Å². The van der Waals surface area contributed by atoms with Gasteiger partial charge in [0.05, 0.1) is 0 Å². The van der Waals surface area contributed by atoms with Crippen LogP contribution in [0.1, 0.15) is 0 Å². The van der Waals surface area contributed by atoms with E-state index in [1.165, 1.54) is 0 Å². The number of hydrogen-bond donors (Lipinski definition) is 1. The van der Waals surface area contributed by atoms with Gasteiger partial charge in [0.2, 0.25) is 0 Å².